The maximum absolute atomic E-state index is 13.4. The number of carbonyl (C=O) groups excluding carboxylic acids is 2. The number of piperazine rings is 1. The van der Waals surface area contributed by atoms with Crippen LogP contribution in [0.1, 0.15) is 64.4 Å². The average Bonchev–Trinajstić information content (AvgIpc) is 2.89. The summed E-state index contributed by atoms with van der Waals surface area (Å²) in [5.74, 6) is -0.723. The lowest BCUT2D eigenvalue weighted by Gasteiger charge is -2.34. The molecule has 1 aliphatic heterocycles. The predicted molar refractivity (Wildman–Crippen MR) is 134 cm³/mol. The molecule has 0 bridgehead atoms. The second-order valence-electron chi connectivity index (χ2n) is 9.14. The molecule has 1 aromatic heterocycles. The van der Waals surface area contributed by atoms with Crippen LogP contribution in [-0.2, 0) is 0 Å². The highest BCUT2D eigenvalue weighted by Gasteiger charge is 2.27. The summed E-state index contributed by atoms with van der Waals surface area (Å²) in [7, 11) is 1.51. The van der Waals surface area contributed by atoms with Crippen LogP contribution in [0.5, 0.6) is 0 Å². The van der Waals surface area contributed by atoms with E-state index in [1.54, 1.807) is 17.3 Å². The molecule has 0 radical (unpaired) electrons. The molecule has 2 amide bonds. The van der Waals surface area contributed by atoms with Crippen LogP contribution in [0.2, 0.25) is 0 Å². The van der Waals surface area contributed by atoms with Gasteiger partial charge in [-0.1, -0.05) is 61.7 Å². The van der Waals surface area contributed by atoms with Crippen molar-refractivity contribution in [2.45, 2.75) is 38.1 Å². The van der Waals surface area contributed by atoms with E-state index in [0.717, 1.165) is 45.3 Å². The van der Waals surface area contributed by atoms with Gasteiger partial charge in [-0.25, -0.2) is 0 Å². The second kappa shape index (κ2) is 11.3. The Hall–Kier alpha value is -3.19. The molecule has 0 spiro atoms. The van der Waals surface area contributed by atoms with E-state index in [9.17, 15) is 14.4 Å². The predicted octanol–water partition coefficient (Wildman–Crippen LogP) is 3.18. The minimum Gasteiger partial charge on any atom is -0.355 e. The van der Waals surface area contributed by atoms with Gasteiger partial charge in [-0.3, -0.25) is 19.3 Å². The van der Waals surface area contributed by atoms with E-state index >= 15 is 0 Å². The van der Waals surface area contributed by atoms with Crippen molar-refractivity contribution in [3.63, 3.8) is 0 Å². The van der Waals surface area contributed by atoms with Gasteiger partial charge in [-0.15, -0.1) is 0 Å². The summed E-state index contributed by atoms with van der Waals surface area (Å²) in [6.07, 6.45) is 13.0. The molecular formula is C27H34N4O3. The molecule has 2 aliphatic rings. The summed E-state index contributed by atoms with van der Waals surface area (Å²) in [6.45, 7) is 3.43. The fraction of sp³-hybridized carbons (Fsp3) is 0.444. The van der Waals surface area contributed by atoms with Gasteiger partial charge in [-0.05, 0) is 18.4 Å². The third-order valence-electron chi connectivity index (χ3n) is 6.88. The highest BCUT2D eigenvalue weighted by Crippen LogP contribution is 2.28. The van der Waals surface area contributed by atoms with Gasteiger partial charge >= 0.3 is 0 Å². The van der Waals surface area contributed by atoms with Crippen molar-refractivity contribution in [1.82, 2.24) is 19.7 Å². The Labute approximate surface area is 201 Å². The first-order valence-corrected chi connectivity index (χ1v) is 12.3. The highest BCUT2D eigenvalue weighted by molar-refractivity contribution is 5.99. The summed E-state index contributed by atoms with van der Waals surface area (Å²) < 4.78 is 1.93. The van der Waals surface area contributed by atoms with Crippen molar-refractivity contribution in [3.05, 3.63) is 75.7 Å². The van der Waals surface area contributed by atoms with E-state index in [0.29, 0.717) is 13.1 Å². The van der Waals surface area contributed by atoms with Crippen molar-refractivity contribution < 1.29 is 9.59 Å². The number of hydrogen-bond donors (Lipinski definition) is 1. The Bertz CT molecular complexity index is 1080. The number of aromatic nitrogens is 1. The molecule has 0 unspecified atom stereocenters. The van der Waals surface area contributed by atoms with Gasteiger partial charge in [0.1, 0.15) is 11.1 Å². The average molecular weight is 463 g/mol. The smallest absolute Gasteiger partial charge is 0.259 e. The lowest BCUT2D eigenvalue weighted by Crippen LogP contribution is -2.49. The second-order valence-corrected chi connectivity index (χ2v) is 9.14. The van der Waals surface area contributed by atoms with Crippen LogP contribution in [0.15, 0.2) is 53.6 Å². The van der Waals surface area contributed by atoms with Crippen molar-refractivity contribution >= 4 is 17.9 Å². The van der Waals surface area contributed by atoms with E-state index in [1.807, 2.05) is 22.8 Å². The van der Waals surface area contributed by atoms with E-state index in [2.05, 4.69) is 34.5 Å². The van der Waals surface area contributed by atoms with E-state index < -0.39 is 11.3 Å². The summed E-state index contributed by atoms with van der Waals surface area (Å²) in [5, 5.41) is 2.54. The number of nitrogens with zero attached hydrogens (tertiary/aromatic N) is 3. The third-order valence-corrected chi connectivity index (χ3v) is 6.88. The number of pyridine rings is 1. The highest BCUT2D eigenvalue weighted by atomic mass is 16.2. The molecule has 180 valence electrons. The van der Waals surface area contributed by atoms with E-state index in [-0.39, 0.29) is 23.1 Å². The number of hydrogen-bond acceptors (Lipinski definition) is 4. The maximum atomic E-state index is 13.4. The summed E-state index contributed by atoms with van der Waals surface area (Å²) in [5.41, 5.74) is 0.832. The normalized spacial score (nSPS) is 17.7. The Kier molecular flexibility index (Phi) is 7.95. The Balaban J connectivity index is 1.45. The molecule has 7 heteroatoms. The molecule has 2 aromatic rings. The zero-order chi connectivity index (χ0) is 23.9. The molecule has 2 fully saturated rings. The fourth-order valence-electron chi connectivity index (χ4n) is 4.84. The molecular weight excluding hydrogens is 428 g/mol. The Morgan fingerprint density at radius 2 is 1.65 bits per heavy atom. The number of amides is 2. The minimum absolute atomic E-state index is 0.0450. The number of carbonyl (C=O) groups is 2. The van der Waals surface area contributed by atoms with Gasteiger partial charge in [0.25, 0.3) is 11.8 Å². The molecule has 2 heterocycles. The molecule has 4 rings (SSSR count). The van der Waals surface area contributed by atoms with Crippen LogP contribution in [0, 0.1) is 0 Å². The van der Waals surface area contributed by atoms with Crippen molar-refractivity contribution in [1.29, 1.82) is 0 Å². The minimum atomic E-state index is -0.482. The first-order valence-electron chi connectivity index (χ1n) is 12.3. The lowest BCUT2D eigenvalue weighted by molar-refractivity contribution is 0.0647. The molecule has 7 nitrogen and oxygen atoms in total. The Morgan fingerprint density at radius 3 is 2.32 bits per heavy atom. The van der Waals surface area contributed by atoms with Crippen LogP contribution in [0.3, 0.4) is 0 Å². The van der Waals surface area contributed by atoms with Gasteiger partial charge < -0.3 is 14.8 Å². The van der Waals surface area contributed by atoms with Crippen LogP contribution < -0.4 is 10.7 Å². The Morgan fingerprint density at radius 1 is 0.971 bits per heavy atom. The van der Waals surface area contributed by atoms with Crippen molar-refractivity contribution in [2.75, 3.05) is 39.8 Å². The number of rotatable bonds is 6. The molecule has 1 saturated heterocycles. The summed E-state index contributed by atoms with van der Waals surface area (Å²) in [4.78, 5) is 42.9. The van der Waals surface area contributed by atoms with Gasteiger partial charge in [0.05, 0.1) is 0 Å². The molecule has 1 aromatic carbocycles. The monoisotopic (exact) mass is 462 g/mol. The van der Waals surface area contributed by atoms with Crippen molar-refractivity contribution in [2.24, 2.45) is 0 Å². The zero-order valence-corrected chi connectivity index (χ0v) is 19.9. The van der Waals surface area contributed by atoms with E-state index in [1.165, 1.54) is 19.0 Å². The standard InChI is InChI=1S/C27H34N4O3/c1-28-26(33)23-19-31(22-12-6-3-7-13-22)20-24(25(23)32)27(34)30-17-15-29(16-18-30)14-8-11-21-9-4-2-5-10-21/h2,4-5,8-11,19-20,22H,3,6-7,12-18H2,1H3,(H,28,33). The van der Waals surface area contributed by atoms with Crippen LogP contribution in [0.25, 0.3) is 6.08 Å². The molecule has 0 atom stereocenters. The quantitative estimate of drug-likeness (QED) is 0.716. The summed E-state index contributed by atoms with van der Waals surface area (Å²) in [6, 6.07) is 10.4. The van der Waals surface area contributed by atoms with Gasteiger partial charge in [0.2, 0.25) is 5.43 Å². The number of nitrogens with one attached hydrogen (secondary N) is 1. The SMILES string of the molecule is CNC(=O)c1cn(C2CCCCC2)cc(C(=O)N2CCN(CC=Cc3ccccc3)CC2)c1=O. The van der Waals surface area contributed by atoms with Crippen molar-refractivity contribution in [3.8, 4) is 0 Å². The third kappa shape index (κ3) is 5.65. The first kappa shape index (κ1) is 24.0. The lowest BCUT2D eigenvalue weighted by atomic mass is 9.95. The molecule has 1 aliphatic carbocycles. The molecule has 1 saturated carbocycles. The zero-order valence-electron chi connectivity index (χ0n) is 19.9. The fourth-order valence-corrected chi connectivity index (χ4v) is 4.84. The maximum Gasteiger partial charge on any atom is 0.259 e. The van der Waals surface area contributed by atoms with Crippen LogP contribution in [-0.4, -0.2) is 66.0 Å². The largest absolute Gasteiger partial charge is 0.355 e. The number of benzene rings is 1. The first-order chi connectivity index (χ1) is 16.6. The van der Waals surface area contributed by atoms with Gasteiger partial charge in [0.15, 0.2) is 0 Å². The molecule has 1 N–H and O–H groups in total. The van der Waals surface area contributed by atoms with E-state index in [4.69, 9.17) is 0 Å². The summed E-state index contributed by atoms with van der Waals surface area (Å²) >= 11 is 0. The van der Waals surface area contributed by atoms with Gasteiger partial charge in [-0.2, -0.15) is 0 Å². The topological polar surface area (TPSA) is 74.7 Å². The van der Waals surface area contributed by atoms with Gasteiger partial charge in [0, 0.05) is 58.2 Å². The van der Waals surface area contributed by atoms with Crippen LogP contribution in [0.4, 0.5) is 0 Å². The molecule has 34 heavy (non-hydrogen) atoms. The van der Waals surface area contributed by atoms with Crippen LogP contribution >= 0.6 is 0 Å².